The topological polar surface area (TPSA) is 16.1 Å². The fourth-order valence-electron chi connectivity index (χ4n) is 4.78. The Morgan fingerprint density at radius 1 is 0.629 bits per heavy atom. The number of hydrogen-bond donors (Lipinski definition) is 0. The minimum atomic E-state index is 1.05. The number of pyridine rings is 1. The number of rotatable bonds is 17. The maximum atomic E-state index is 4.48. The van der Waals surface area contributed by atoms with Crippen molar-refractivity contribution in [3.8, 4) is 0 Å². The van der Waals surface area contributed by atoms with Gasteiger partial charge in [0.2, 0.25) is 0 Å². The second kappa shape index (κ2) is 16.1. The van der Waals surface area contributed by atoms with Crippen LogP contribution in [0.15, 0.2) is 60.8 Å². The molecule has 0 spiro atoms. The SMILES string of the molecule is CCCCCCCCN(CCCCCCCC)c1ccc(/C=C/c2ccnc3ccccc23)cc1. The second-order valence-electron chi connectivity index (χ2n) is 9.86. The first-order chi connectivity index (χ1) is 17.3. The van der Waals surface area contributed by atoms with Gasteiger partial charge in [0.15, 0.2) is 0 Å². The Labute approximate surface area is 214 Å². The molecule has 0 aliphatic heterocycles. The van der Waals surface area contributed by atoms with E-state index in [0.29, 0.717) is 0 Å². The highest BCUT2D eigenvalue weighted by Gasteiger charge is 2.07. The largest absolute Gasteiger partial charge is 0.372 e. The summed E-state index contributed by atoms with van der Waals surface area (Å²) in [6.07, 6.45) is 22.6. The Morgan fingerprint density at radius 3 is 1.89 bits per heavy atom. The molecule has 0 amide bonds. The fraction of sp³-hybridized carbons (Fsp3) is 0.485. The van der Waals surface area contributed by atoms with Crippen LogP contribution in [0.25, 0.3) is 23.1 Å². The molecule has 1 heterocycles. The van der Waals surface area contributed by atoms with Crippen molar-refractivity contribution < 1.29 is 0 Å². The minimum Gasteiger partial charge on any atom is -0.372 e. The van der Waals surface area contributed by atoms with Gasteiger partial charge in [-0.3, -0.25) is 4.98 Å². The van der Waals surface area contributed by atoms with Crippen LogP contribution >= 0.6 is 0 Å². The Hall–Kier alpha value is -2.61. The van der Waals surface area contributed by atoms with Crippen molar-refractivity contribution in [1.29, 1.82) is 0 Å². The maximum Gasteiger partial charge on any atom is 0.0707 e. The zero-order valence-corrected chi connectivity index (χ0v) is 22.2. The van der Waals surface area contributed by atoms with Gasteiger partial charge < -0.3 is 4.90 Å². The molecule has 2 nitrogen and oxygen atoms in total. The van der Waals surface area contributed by atoms with Crippen LogP contribution in [0.1, 0.15) is 102 Å². The van der Waals surface area contributed by atoms with Gasteiger partial charge in [-0.25, -0.2) is 0 Å². The maximum absolute atomic E-state index is 4.48. The smallest absolute Gasteiger partial charge is 0.0707 e. The summed E-state index contributed by atoms with van der Waals surface area (Å²) in [5, 5.41) is 1.20. The lowest BCUT2D eigenvalue weighted by atomic mass is 10.1. The zero-order chi connectivity index (χ0) is 24.6. The highest BCUT2D eigenvalue weighted by atomic mass is 15.1. The number of aromatic nitrogens is 1. The van der Waals surface area contributed by atoms with Gasteiger partial charge in [0.25, 0.3) is 0 Å². The summed E-state index contributed by atoms with van der Waals surface area (Å²) in [5.41, 5.74) is 4.88. The number of anilines is 1. The second-order valence-corrected chi connectivity index (χ2v) is 9.86. The van der Waals surface area contributed by atoms with Crippen LogP contribution in [-0.2, 0) is 0 Å². The first-order valence-corrected chi connectivity index (χ1v) is 14.2. The van der Waals surface area contributed by atoms with Crippen LogP contribution in [0.2, 0.25) is 0 Å². The summed E-state index contributed by atoms with van der Waals surface area (Å²) in [4.78, 5) is 7.11. The molecule has 35 heavy (non-hydrogen) atoms. The molecule has 0 saturated heterocycles. The zero-order valence-electron chi connectivity index (χ0n) is 22.2. The predicted octanol–water partition coefficient (Wildman–Crippen LogP) is 9.93. The van der Waals surface area contributed by atoms with E-state index in [1.165, 1.54) is 112 Å². The Morgan fingerprint density at radius 2 is 1.23 bits per heavy atom. The third-order valence-electron chi connectivity index (χ3n) is 6.96. The van der Waals surface area contributed by atoms with E-state index in [1.54, 1.807) is 0 Å². The van der Waals surface area contributed by atoms with Gasteiger partial charge in [0, 0.05) is 30.4 Å². The standard InChI is InChI=1S/C33H46N2/c1-3-5-7-9-11-15-27-35(28-16-12-10-8-6-4-2)31-23-20-29(21-24-31)19-22-30-25-26-34-33-18-14-13-17-32(30)33/h13-14,17-26H,3-12,15-16,27-28H2,1-2H3/b22-19+. The summed E-state index contributed by atoms with van der Waals surface area (Å²) in [7, 11) is 0. The van der Waals surface area contributed by atoms with Crippen molar-refractivity contribution in [2.45, 2.75) is 90.9 Å². The molecule has 2 heteroatoms. The number of para-hydroxylation sites is 1. The molecule has 3 aromatic rings. The molecule has 0 aliphatic carbocycles. The fourth-order valence-corrected chi connectivity index (χ4v) is 4.78. The van der Waals surface area contributed by atoms with Gasteiger partial charge in [-0.05, 0) is 48.2 Å². The average molecular weight is 471 g/mol. The summed E-state index contributed by atoms with van der Waals surface area (Å²) >= 11 is 0. The van der Waals surface area contributed by atoms with Crippen LogP contribution in [0.4, 0.5) is 5.69 Å². The molecular weight excluding hydrogens is 424 g/mol. The van der Waals surface area contributed by atoms with Crippen LogP contribution < -0.4 is 4.90 Å². The number of unbranched alkanes of at least 4 members (excludes halogenated alkanes) is 10. The number of hydrogen-bond acceptors (Lipinski definition) is 2. The van der Waals surface area contributed by atoms with Crippen molar-refractivity contribution in [2.24, 2.45) is 0 Å². The molecule has 0 fully saturated rings. The highest BCUT2D eigenvalue weighted by molar-refractivity contribution is 5.90. The van der Waals surface area contributed by atoms with Gasteiger partial charge in [0.1, 0.15) is 0 Å². The summed E-state index contributed by atoms with van der Waals surface area (Å²) in [5.74, 6) is 0. The third kappa shape index (κ3) is 9.51. The molecule has 1 aromatic heterocycles. The lowest BCUT2D eigenvalue weighted by Crippen LogP contribution is -2.25. The number of benzene rings is 2. The van der Waals surface area contributed by atoms with Crippen LogP contribution in [-0.4, -0.2) is 18.1 Å². The summed E-state index contributed by atoms with van der Waals surface area (Å²) < 4.78 is 0. The van der Waals surface area contributed by atoms with E-state index < -0.39 is 0 Å². The molecule has 2 aromatic carbocycles. The lowest BCUT2D eigenvalue weighted by molar-refractivity contribution is 0.575. The molecule has 0 aliphatic rings. The summed E-state index contributed by atoms with van der Waals surface area (Å²) in [6, 6.07) is 19.6. The normalized spacial score (nSPS) is 11.5. The molecule has 0 saturated carbocycles. The average Bonchev–Trinajstić information content (AvgIpc) is 2.90. The lowest BCUT2D eigenvalue weighted by Gasteiger charge is -2.25. The van der Waals surface area contributed by atoms with Crippen LogP contribution in [0, 0.1) is 0 Å². The monoisotopic (exact) mass is 470 g/mol. The van der Waals surface area contributed by atoms with Crippen molar-refractivity contribution in [3.63, 3.8) is 0 Å². The quantitative estimate of drug-likeness (QED) is 0.182. The van der Waals surface area contributed by atoms with Crippen LogP contribution in [0.5, 0.6) is 0 Å². The molecule has 0 N–H and O–H groups in total. The molecule has 0 bridgehead atoms. The first-order valence-electron chi connectivity index (χ1n) is 14.2. The van der Waals surface area contributed by atoms with Crippen molar-refractivity contribution >= 4 is 28.7 Å². The molecule has 0 atom stereocenters. The van der Waals surface area contributed by atoms with Crippen molar-refractivity contribution in [3.05, 3.63) is 71.9 Å². The van der Waals surface area contributed by atoms with E-state index in [4.69, 9.17) is 0 Å². The van der Waals surface area contributed by atoms with Gasteiger partial charge in [-0.15, -0.1) is 0 Å². The van der Waals surface area contributed by atoms with Crippen molar-refractivity contribution in [1.82, 2.24) is 4.98 Å². The Bertz CT molecular complexity index is 968. The van der Waals surface area contributed by atoms with Gasteiger partial charge >= 0.3 is 0 Å². The van der Waals surface area contributed by atoms with E-state index in [9.17, 15) is 0 Å². The van der Waals surface area contributed by atoms with E-state index in [1.807, 2.05) is 12.3 Å². The molecular formula is C33H46N2. The van der Waals surface area contributed by atoms with E-state index >= 15 is 0 Å². The highest BCUT2D eigenvalue weighted by Crippen LogP contribution is 2.22. The number of nitrogens with zero attached hydrogens (tertiary/aromatic N) is 2. The minimum absolute atomic E-state index is 1.05. The van der Waals surface area contributed by atoms with E-state index in [2.05, 4.69) is 84.4 Å². The summed E-state index contributed by atoms with van der Waals surface area (Å²) in [6.45, 7) is 6.94. The number of fused-ring (bicyclic) bond motifs is 1. The Balaban J connectivity index is 1.59. The van der Waals surface area contributed by atoms with Crippen molar-refractivity contribution in [2.75, 3.05) is 18.0 Å². The first kappa shape index (κ1) is 27.0. The molecule has 188 valence electrons. The molecule has 0 unspecified atom stereocenters. The van der Waals surface area contributed by atoms with Gasteiger partial charge in [-0.2, -0.15) is 0 Å². The molecule has 0 radical (unpaired) electrons. The van der Waals surface area contributed by atoms with E-state index in [0.717, 1.165) is 5.52 Å². The third-order valence-corrected chi connectivity index (χ3v) is 6.96. The molecule has 3 rings (SSSR count). The Kier molecular flexibility index (Phi) is 12.4. The van der Waals surface area contributed by atoms with Gasteiger partial charge in [-0.1, -0.05) is 121 Å². The van der Waals surface area contributed by atoms with E-state index in [-0.39, 0.29) is 0 Å². The predicted molar refractivity (Wildman–Crippen MR) is 156 cm³/mol. The van der Waals surface area contributed by atoms with Gasteiger partial charge in [0.05, 0.1) is 5.52 Å². The van der Waals surface area contributed by atoms with Crippen LogP contribution in [0.3, 0.4) is 0 Å².